The van der Waals surface area contributed by atoms with Gasteiger partial charge in [0.05, 0.1) is 0 Å². The highest BCUT2D eigenvalue weighted by molar-refractivity contribution is 5.95. The Bertz CT molecular complexity index is 854. The molecule has 0 saturated carbocycles. The molecule has 3 aromatic rings. The van der Waals surface area contributed by atoms with Gasteiger partial charge in [-0.3, -0.25) is 9.78 Å². The number of rotatable bonds is 4. The number of hydrogen-bond acceptors (Lipinski definition) is 3. The maximum absolute atomic E-state index is 11.5. The van der Waals surface area contributed by atoms with Crippen LogP contribution in [0.1, 0.15) is 33.1 Å². The Hall–Kier alpha value is -2.78. The molecular formula is C21H17NO2. The second-order valence-electron chi connectivity index (χ2n) is 6.06. The average Bonchev–Trinajstić information content (AvgIpc) is 2.96. The van der Waals surface area contributed by atoms with Gasteiger partial charge in [0.15, 0.2) is 0 Å². The second-order valence-corrected chi connectivity index (χ2v) is 6.06. The number of hydrogen-bond donors (Lipinski definition) is 1. The number of Topliss-reactive ketones (excluding diaryl/α,β-unsaturated/α-hetero) is 1. The molecule has 1 heterocycles. The molecule has 0 saturated heterocycles. The summed E-state index contributed by atoms with van der Waals surface area (Å²) in [6.45, 7) is -0.504. The van der Waals surface area contributed by atoms with Crippen molar-refractivity contribution in [3.8, 4) is 11.1 Å². The predicted octanol–water partition coefficient (Wildman–Crippen LogP) is 3.61. The molecule has 2 aromatic carbocycles. The lowest BCUT2D eigenvalue weighted by molar-refractivity contribution is 0.0898. The molecule has 0 radical (unpaired) electrons. The molecule has 1 aliphatic carbocycles. The first kappa shape index (κ1) is 14.8. The highest BCUT2D eigenvalue weighted by Gasteiger charge is 2.27. The quantitative estimate of drug-likeness (QED) is 0.748. The van der Waals surface area contributed by atoms with Crippen LogP contribution in [0.15, 0.2) is 66.9 Å². The number of aromatic nitrogens is 1. The van der Waals surface area contributed by atoms with E-state index in [-0.39, 0.29) is 5.78 Å². The standard InChI is InChI=1S/C21H17NO2/c23-13-21(24)20-10-9-14(12-22-20)11-19-17-7-3-1-5-15(17)16-6-2-4-8-18(16)19/h1-10,12,19,23H,11,13H2. The number of aliphatic hydroxyl groups excluding tert-OH is 1. The summed E-state index contributed by atoms with van der Waals surface area (Å²) in [5.41, 5.74) is 6.69. The predicted molar refractivity (Wildman–Crippen MR) is 93.1 cm³/mol. The highest BCUT2D eigenvalue weighted by atomic mass is 16.3. The molecule has 3 nitrogen and oxygen atoms in total. The summed E-state index contributed by atoms with van der Waals surface area (Å²) in [5.74, 6) is -0.0447. The fourth-order valence-electron chi connectivity index (χ4n) is 3.51. The van der Waals surface area contributed by atoms with E-state index in [2.05, 4.69) is 53.5 Å². The fraction of sp³-hybridized carbons (Fsp3) is 0.143. The molecule has 24 heavy (non-hydrogen) atoms. The molecule has 0 atom stereocenters. The van der Waals surface area contributed by atoms with Crippen LogP contribution in [-0.4, -0.2) is 22.5 Å². The number of carbonyl (C=O) groups is 1. The van der Waals surface area contributed by atoms with Crippen molar-refractivity contribution in [1.29, 1.82) is 0 Å². The minimum Gasteiger partial charge on any atom is -0.388 e. The van der Waals surface area contributed by atoms with Gasteiger partial charge in [-0.2, -0.15) is 0 Å². The first-order valence-corrected chi connectivity index (χ1v) is 8.05. The van der Waals surface area contributed by atoms with Crippen LogP contribution in [0.4, 0.5) is 0 Å². The summed E-state index contributed by atoms with van der Waals surface area (Å²) in [6, 6.07) is 20.7. The van der Waals surface area contributed by atoms with E-state index in [1.807, 2.05) is 6.07 Å². The van der Waals surface area contributed by atoms with Crippen molar-refractivity contribution in [2.75, 3.05) is 6.61 Å². The molecule has 0 amide bonds. The molecule has 3 heteroatoms. The summed E-state index contributed by atoms with van der Waals surface area (Å²) in [5, 5.41) is 8.92. The Morgan fingerprint density at radius 2 is 1.54 bits per heavy atom. The van der Waals surface area contributed by atoms with Gasteiger partial charge in [0.25, 0.3) is 0 Å². The summed E-state index contributed by atoms with van der Waals surface area (Å²) >= 11 is 0. The molecule has 0 aliphatic heterocycles. The maximum atomic E-state index is 11.5. The first-order chi connectivity index (χ1) is 11.8. The zero-order valence-electron chi connectivity index (χ0n) is 13.1. The van der Waals surface area contributed by atoms with Crippen molar-refractivity contribution < 1.29 is 9.90 Å². The molecule has 118 valence electrons. The van der Waals surface area contributed by atoms with Gasteiger partial charge in [0, 0.05) is 12.1 Å². The SMILES string of the molecule is O=C(CO)c1ccc(CC2c3ccccc3-c3ccccc32)cn1. The largest absolute Gasteiger partial charge is 0.388 e. The van der Waals surface area contributed by atoms with Gasteiger partial charge in [0.1, 0.15) is 12.3 Å². The van der Waals surface area contributed by atoms with Crippen molar-refractivity contribution >= 4 is 5.78 Å². The van der Waals surface area contributed by atoms with Crippen molar-refractivity contribution in [2.24, 2.45) is 0 Å². The minimum atomic E-state index is -0.504. The molecular weight excluding hydrogens is 298 g/mol. The van der Waals surface area contributed by atoms with Crippen LogP contribution in [0.5, 0.6) is 0 Å². The van der Waals surface area contributed by atoms with Crippen LogP contribution >= 0.6 is 0 Å². The van der Waals surface area contributed by atoms with Crippen molar-refractivity contribution in [3.05, 3.63) is 89.2 Å². The maximum Gasteiger partial charge on any atom is 0.206 e. The minimum absolute atomic E-state index is 0.304. The Labute approximate surface area is 140 Å². The molecule has 0 unspecified atom stereocenters. The summed E-state index contributed by atoms with van der Waals surface area (Å²) in [7, 11) is 0. The Kier molecular flexibility index (Phi) is 3.71. The van der Waals surface area contributed by atoms with Crippen molar-refractivity contribution in [1.82, 2.24) is 4.98 Å². The molecule has 1 N–H and O–H groups in total. The van der Waals surface area contributed by atoms with E-state index in [1.165, 1.54) is 22.3 Å². The molecule has 0 spiro atoms. The van der Waals surface area contributed by atoms with Crippen LogP contribution in [0, 0.1) is 0 Å². The van der Waals surface area contributed by atoms with E-state index in [1.54, 1.807) is 12.3 Å². The zero-order chi connectivity index (χ0) is 16.5. The number of fused-ring (bicyclic) bond motifs is 3. The van der Waals surface area contributed by atoms with Crippen molar-refractivity contribution in [3.63, 3.8) is 0 Å². The Balaban J connectivity index is 1.68. The summed E-state index contributed by atoms with van der Waals surface area (Å²) in [6.07, 6.45) is 2.58. The Morgan fingerprint density at radius 1 is 0.917 bits per heavy atom. The molecule has 0 fully saturated rings. The van der Waals surface area contributed by atoms with E-state index in [0.29, 0.717) is 11.6 Å². The number of ketones is 1. The first-order valence-electron chi connectivity index (χ1n) is 8.05. The van der Waals surface area contributed by atoms with E-state index < -0.39 is 6.61 Å². The highest BCUT2D eigenvalue weighted by Crippen LogP contribution is 2.45. The van der Waals surface area contributed by atoms with Gasteiger partial charge < -0.3 is 5.11 Å². The molecule has 1 aromatic heterocycles. The van der Waals surface area contributed by atoms with Gasteiger partial charge >= 0.3 is 0 Å². The number of carbonyl (C=O) groups excluding carboxylic acids is 1. The lowest BCUT2D eigenvalue weighted by Gasteiger charge is -2.13. The van der Waals surface area contributed by atoms with E-state index in [9.17, 15) is 4.79 Å². The van der Waals surface area contributed by atoms with Gasteiger partial charge in [-0.05, 0) is 40.3 Å². The van der Waals surface area contributed by atoms with Crippen LogP contribution in [0.25, 0.3) is 11.1 Å². The third kappa shape index (κ3) is 2.43. The number of aliphatic hydroxyl groups is 1. The van der Waals surface area contributed by atoms with Crippen LogP contribution in [-0.2, 0) is 6.42 Å². The van der Waals surface area contributed by atoms with E-state index in [4.69, 9.17) is 5.11 Å². The van der Waals surface area contributed by atoms with Gasteiger partial charge in [-0.25, -0.2) is 0 Å². The fourth-order valence-corrected chi connectivity index (χ4v) is 3.51. The third-order valence-electron chi connectivity index (χ3n) is 4.66. The smallest absolute Gasteiger partial charge is 0.206 e. The van der Waals surface area contributed by atoms with Crippen LogP contribution < -0.4 is 0 Å². The summed E-state index contributed by atoms with van der Waals surface area (Å²) in [4.78, 5) is 15.7. The van der Waals surface area contributed by atoms with Crippen molar-refractivity contribution in [2.45, 2.75) is 12.3 Å². The van der Waals surface area contributed by atoms with Gasteiger partial charge in [-0.15, -0.1) is 0 Å². The summed E-state index contributed by atoms with van der Waals surface area (Å²) < 4.78 is 0. The molecule has 1 aliphatic rings. The molecule has 4 rings (SSSR count). The third-order valence-corrected chi connectivity index (χ3v) is 4.66. The molecule has 0 bridgehead atoms. The monoisotopic (exact) mass is 315 g/mol. The Morgan fingerprint density at radius 3 is 2.08 bits per heavy atom. The van der Waals surface area contributed by atoms with Crippen LogP contribution in [0.3, 0.4) is 0 Å². The van der Waals surface area contributed by atoms with Gasteiger partial charge in [0.2, 0.25) is 5.78 Å². The van der Waals surface area contributed by atoms with Crippen LogP contribution in [0.2, 0.25) is 0 Å². The number of benzene rings is 2. The lowest BCUT2D eigenvalue weighted by Crippen LogP contribution is -2.08. The topological polar surface area (TPSA) is 50.2 Å². The van der Waals surface area contributed by atoms with Gasteiger partial charge in [-0.1, -0.05) is 54.6 Å². The van der Waals surface area contributed by atoms with E-state index in [0.717, 1.165) is 12.0 Å². The number of nitrogens with zero attached hydrogens (tertiary/aromatic N) is 1. The average molecular weight is 315 g/mol. The normalized spacial score (nSPS) is 12.7. The second kappa shape index (κ2) is 6.02. The number of pyridine rings is 1. The lowest BCUT2D eigenvalue weighted by atomic mass is 9.90. The zero-order valence-corrected chi connectivity index (χ0v) is 13.1. The van der Waals surface area contributed by atoms with E-state index >= 15 is 0 Å².